The minimum absolute atomic E-state index is 0. The molecule has 6 nitrogen and oxygen atoms in total. The minimum atomic E-state index is 0. The number of halogens is 2. The fourth-order valence-electron chi connectivity index (χ4n) is 3.58. The van der Waals surface area contributed by atoms with E-state index in [2.05, 4.69) is 43.6 Å². The average molecular weight is 507 g/mol. The smallest absolute Gasteiger partial charge is 0.191 e. The quantitative estimate of drug-likeness (QED) is 0.376. The number of aliphatic imine (C=N–C) groups is 1. The van der Waals surface area contributed by atoms with Gasteiger partial charge in [0, 0.05) is 69.6 Å². The summed E-state index contributed by atoms with van der Waals surface area (Å²) in [4.78, 5) is 14.2. The van der Waals surface area contributed by atoms with Gasteiger partial charge in [0.05, 0.1) is 6.54 Å². The summed E-state index contributed by atoms with van der Waals surface area (Å²) in [6, 6.07) is 8.04. The molecule has 0 saturated carbocycles. The predicted molar refractivity (Wildman–Crippen MR) is 126 cm³/mol. The normalized spacial score (nSPS) is 19.9. The van der Waals surface area contributed by atoms with Crippen LogP contribution in [0, 0.1) is 0 Å². The number of rotatable bonds is 5. The maximum absolute atomic E-state index is 6.22. The summed E-state index contributed by atoms with van der Waals surface area (Å²) in [5.41, 5.74) is 7.44. The zero-order valence-corrected chi connectivity index (χ0v) is 19.3. The van der Waals surface area contributed by atoms with Gasteiger partial charge in [-0.15, -0.1) is 24.0 Å². The molecular weight excluding hydrogens is 475 g/mol. The Bertz CT molecular complexity index is 580. The topological polar surface area (TPSA) is 51.3 Å². The summed E-state index contributed by atoms with van der Waals surface area (Å²) in [5.74, 6) is 0.688. The Morgan fingerprint density at radius 1 is 0.963 bits per heavy atom. The fraction of sp³-hybridized carbons (Fsp3) is 0.632. The molecule has 0 amide bonds. The van der Waals surface area contributed by atoms with Crippen LogP contribution in [0.2, 0.25) is 5.02 Å². The number of nitrogens with two attached hydrogens (primary N) is 1. The van der Waals surface area contributed by atoms with Gasteiger partial charge < -0.3 is 20.4 Å². The molecule has 2 fully saturated rings. The highest BCUT2D eigenvalue weighted by Crippen LogP contribution is 2.19. The molecule has 152 valence electrons. The molecule has 1 aromatic carbocycles. The van der Waals surface area contributed by atoms with Crippen molar-refractivity contribution in [3.8, 4) is 0 Å². The Balaban J connectivity index is 0.00000261. The molecule has 0 unspecified atom stereocenters. The molecule has 2 saturated heterocycles. The fourth-order valence-corrected chi connectivity index (χ4v) is 3.71. The standard InChI is InChI=1S/C19H31ClN6.HI/c1-2-23-9-11-24(12-10-23)8-7-22-19(21)26-15-13-25(14-16-26)18-5-3-17(20)4-6-18;/h3-6H,2,7-16H2,1H3,(H2,21,22);1H. The summed E-state index contributed by atoms with van der Waals surface area (Å²) >= 11 is 5.97. The second-order valence-electron chi connectivity index (χ2n) is 6.97. The lowest BCUT2D eigenvalue weighted by atomic mass is 10.2. The van der Waals surface area contributed by atoms with Crippen molar-refractivity contribution in [2.75, 3.05) is 76.9 Å². The van der Waals surface area contributed by atoms with E-state index >= 15 is 0 Å². The van der Waals surface area contributed by atoms with Crippen LogP contribution in [0.15, 0.2) is 29.3 Å². The van der Waals surface area contributed by atoms with Crippen molar-refractivity contribution < 1.29 is 0 Å². The average Bonchev–Trinajstić information content (AvgIpc) is 2.69. The van der Waals surface area contributed by atoms with Crippen molar-refractivity contribution >= 4 is 47.2 Å². The number of nitrogens with zero attached hydrogens (tertiary/aromatic N) is 5. The summed E-state index contributed by atoms with van der Waals surface area (Å²) in [7, 11) is 0. The highest BCUT2D eigenvalue weighted by molar-refractivity contribution is 14.0. The van der Waals surface area contributed by atoms with Gasteiger partial charge in [-0.1, -0.05) is 18.5 Å². The van der Waals surface area contributed by atoms with Crippen LogP contribution in [0.1, 0.15) is 6.92 Å². The van der Waals surface area contributed by atoms with Crippen LogP contribution in [0.3, 0.4) is 0 Å². The Kier molecular flexibility index (Phi) is 9.41. The van der Waals surface area contributed by atoms with Crippen molar-refractivity contribution in [2.45, 2.75) is 6.92 Å². The third-order valence-electron chi connectivity index (χ3n) is 5.40. The van der Waals surface area contributed by atoms with E-state index in [0.717, 1.165) is 63.9 Å². The van der Waals surface area contributed by atoms with E-state index in [4.69, 9.17) is 17.3 Å². The van der Waals surface area contributed by atoms with Crippen molar-refractivity contribution in [3.05, 3.63) is 29.3 Å². The van der Waals surface area contributed by atoms with Gasteiger partial charge in [-0.05, 0) is 30.8 Å². The lowest BCUT2D eigenvalue weighted by Crippen LogP contribution is -2.51. The first-order valence-corrected chi connectivity index (χ1v) is 10.0. The molecular formula is C19H32ClIN6. The van der Waals surface area contributed by atoms with Crippen molar-refractivity contribution in [1.29, 1.82) is 0 Å². The largest absolute Gasteiger partial charge is 0.370 e. The van der Waals surface area contributed by atoms with Crippen molar-refractivity contribution in [2.24, 2.45) is 10.7 Å². The van der Waals surface area contributed by atoms with Gasteiger partial charge in [0.15, 0.2) is 5.96 Å². The van der Waals surface area contributed by atoms with E-state index < -0.39 is 0 Å². The summed E-state index contributed by atoms with van der Waals surface area (Å²) < 4.78 is 0. The number of benzene rings is 1. The van der Waals surface area contributed by atoms with Crippen LogP contribution in [0.25, 0.3) is 0 Å². The molecule has 0 bridgehead atoms. The van der Waals surface area contributed by atoms with Crippen LogP contribution >= 0.6 is 35.6 Å². The number of likely N-dealkylation sites (N-methyl/N-ethyl adjacent to an activating group) is 1. The maximum Gasteiger partial charge on any atom is 0.191 e. The molecule has 0 aromatic heterocycles. The second kappa shape index (κ2) is 11.3. The van der Waals surface area contributed by atoms with E-state index in [9.17, 15) is 0 Å². The van der Waals surface area contributed by atoms with E-state index in [1.54, 1.807) is 0 Å². The molecule has 27 heavy (non-hydrogen) atoms. The minimum Gasteiger partial charge on any atom is -0.370 e. The van der Waals surface area contributed by atoms with E-state index in [-0.39, 0.29) is 24.0 Å². The Hall–Kier alpha value is -0.770. The van der Waals surface area contributed by atoms with Gasteiger partial charge in [0.2, 0.25) is 0 Å². The maximum atomic E-state index is 6.22. The number of anilines is 1. The van der Waals surface area contributed by atoms with Crippen molar-refractivity contribution in [1.82, 2.24) is 14.7 Å². The van der Waals surface area contributed by atoms with Gasteiger partial charge in [0.1, 0.15) is 0 Å². The first kappa shape index (κ1) is 22.5. The predicted octanol–water partition coefficient (Wildman–Crippen LogP) is 2.03. The van der Waals surface area contributed by atoms with Crippen LogP contribution in [-0.2, 0) is 0 Å². The molecule has 0 aliphatic carbocycles. The molecule has 2 N–H and O–H groups in total. The molecule has 3 rings (SSSR count). The molecule has 0 spiro atoms. The Morgan fingerprint density at radius 2 is 1.56 bits per heavy atom. The molecule has 2 aliphatic rings. The molecule has 1 aromatic rings. The molecule has 2 heterocycles. The van der Waals surface area contributed by atoms with Gasteiger partial charge in [-0.3, -0.25) is 9.89 Å². The van der Waals surface area contributed by atoms with E-state index in [1.807, 2.05) is 12.1 Å². The molecule has 0 atom stereocenters. The monoisotopic (exact) mass is 506 g/mol. The first-order valence-electron chi connectivity index (χ1n) is 9.66. The third kappa shape index (κ3) is 6.66. The number of piperazine rings is 2. The zero-order chi connectivity index (χ0) is 18.4. The van der Waals surface area contributed by atoms with Crippen LogP contribution in [0.5, 0.6) is 0 Å². The Morgan fingerprint density at radius 3 is 2.15 bits per heavy atom. The number of hydrogen-bond acceptors (Lipinski definition) is 4. The number of hydrogen-bond donors (Lipinski definition) is 1. The SMILES string of the molecule is CCN1CCN(CCN=C(N)N2CCN(c3ccc(Cl)cc3)CC2)CC1.I. The lowest BCUT2D eigenvalue weighted by molar-refractivity contribution is 0.140. The van der Waals surface area contributed by atoms with Crippen molar-refractivity contribution in [3.63, 3.8) is 0 Å². The van der Waals surface area contributed by atoms with Crippen LogP contribution in [-0.4, -0.2) is 92.7 Å². The first-order chi connectivity index (χ1) is 12.7. The highest BCUT2D eigenvalue weighted by atomic mass is 127. The van der Waals surface area contributed by atoms with Gasteiger partial charge in [0.25, 0.3) is 0 Å². The lowest BCUT2D eigenvalue weighted by Gasteiger charge is -2.37. The molecule has 0 radical (unpaired) electrons. The molecule has 8 heteroatoms. The van der Waals surface area contributed by atoms with Gasteiger partial charge in [-0.2, -0.15) is 0 Å². The highest BCUT2D eigenvalue weighted by Gasteiger charge is 2.19. The Labute approximate surface area is 185 Å². The van der Waals surface area contributed by atoms with Crippen LogP contribution in [0.4, 0.5) is 5.69 Å². The molecule has 2 aliphatic heterocycles. The van der Waals surface area contributed by atoms with E-state index in [0.29, 0.717) is 5.96 Å². The number of guanidine groups is 1. The van der Waals surface area contributed by atoms with Crippen LogP contribution < -0.4 is 10.6 Å². The summed E-state index contributed by atoms with van der Waals surface area (Å²) in [6.07, 6.45) is 0. The second-order valence-corrected chi connectivity index (χ2v) is 7.40. The zero-order valence-electron chi connectivity index (χ0n) is 16.2. The summed E-state index contributed by atoms with van der Waals surface area (Å²) in [6.45, 7) is 13.5. The van der Waals surface area contributed by atoms with E-state index in [1.165, 1.54) is 18.8 Å². The summed E-state index contributed by atoms with van der Waals surface area (Å²) in [5, 5.41) is 0.778. The van der Waals surface area contributed by atoms with Gasteiger partial charge in [-0.25, -0.2) is 0 Å². The third-order valence-corrected chi connectivity index (χ3v) is 5.65. The van der Waals surface area contributed by atoms with Gasteiger partial charge >= 0.3 is 0 Å².